The number of nitrogens with two attached hydrogens (primary N) is 1. The largest absolute Gasteiger partial charge is 0.316 e. The topological polar surface area (TPSA) is 46.3 Å². The molecular weight excluding hydrogens is 368 g/mol. The van der Waals surface area contributed by atoms with Crippen LogP contribution in [0.4, 0.5) is 5.69 Å². The van der Waals surface area contributed by atoms with Crippen LogP contribution in [0.1, 0.15) is 28.3 Å². The van der Waals surface area contributed by atoms with Crippen molar-refractivity contribution >= 4 is 23.2 Å². The molecule has 1 amide bonds. The molecule has 3 aromatic carbocycles. The van der Waals surface area contributed by atoms with Crippen molar-refractivity contribution in [3.8, 4) is 0 Å². The van der Waals surface area contributed by atoms with Crippen LogP contribution in [0.3, 0.4) is 0 Å². The third-order valence-electron chi connectivity index (χ3n) is 5.01. The number of carbonyl (C=O) groups is 1. The van der Waals surface area contributed by atoms with Gasteiger partial charge >= 0.3 is 0 Å². The lowest BCUT2D eigenvalue weighted by atomic mass is 10.0. The molecule has 0 radical (unpaired) electrons. The standard InChI is InChI=1S/C24H25ClN2O/c1-17-11-12-22(15-18(17)2)27(14-13-19-7-6-10-21(25)16-19)24(28)23(26)20-8-4-3-5-9-20/h3-12,15-16,23H,13-14,26H2,1-2H3. The highest BCUT2D eigenvalue weighted by atomic mass is 35.5. The SMILES string of the molecule is Cc1ccc(N(CCc2cccc(Cl)c2)C(=O)C(N)c2ccccc2)cc1C. The van der Waals surface area contributed by atoms with Gasteiger partial charge in [-0.25, -0.2) is 0 Å². The van der Waals surface area contributed by atoms with Crippen LogP contribution in [0.2, 0.25) is 5.02 Å². The highest BCUT2D eigenvalue weighted by Gasteiger charge is 2.24. The third-order valence-corrected chi connectivity index (χ3v) is 5.24. The van der Waals surface area contributed by atoms with E-state index in [2.05, 4.69) is 13.8 Å². The summed E-state index contributed by atoms with van der Waals surface area (Å²) in [6.45, 7) is 4.64. The number of amides is 1. The number of hydrogen-bond donors (Lipinski definition) is 1. The van der Waals surface area contributed by atoms with Crippen LogP contribution in [0.15, 0.2) is 72.8 Å². The molecule has 0 spiro atoms. The summed E-state index contributed by atoms with van der Waals surface area (Å²) >= 11 is 6.11. The summed E-state index contributed by atoms with van der Waals surface area (Å²) in [5.41, 5.74) is 11.4. The summed E-state index contributed by atoms with van der Waals surface area (Å²) in [5, 5.41) is 0.697. The maximum Gasteiger partial charge on any atom is 0.248 e. The Hall–Kier alpha value is -2.62. The minimum absolute atomic E-state index is 0.114. The highest BCUT2D eigenvalue weighted by Crippen LogP contribution is 2.23. The highest BCUT2D eigenvalue weighted by molar-refractivity contribution is 6.30. The second-order valence-electron chi connectivity index (χ2n) is 7.03. The second kappa shape index (κ2) is 9.05. The van der Waals surface area contributed by atoms with Crippen LogP contribution in [0, 0.1) is 13.8 Å². The van der Waals surface area contributed by atoms with Crippen molar-refractivity contribution < 1.29 is 4.79 Å². The van der Waals surface area contributed by atoms with Crippen LogP contribution < -0.4 is 10.6 Å². The Morgan fingerprint density at radius 1 is 0.964 bits per heavy atom. The number of carbonyl (C=O) groups excluding carboxylic acids is 1. The molecule has 2 N–H and O–H groups in total. The normalized spacial score (nSPS) is 11.9. The molecule has 0 bridgehead atoms. The molecule has 0 aliphatic heterocycles. The molecule has 1 atom stereocenters. The van der Waals surface area contributed by atoms with Gasteiger partial charge in [-0.1, -0.05) is 60.1 Å². The minimum Gasteiger partial charge on any atom is -0.316 e. The fourth-order valence-corrected chi connectivity index (χ4v) is 3.38. The summed E-state index contributed by atoms with van der Waals surface area (Å²) in [6.07, 6.45) is 0.695. The average Bonchev–Trinajstić information content (AvgIpc) is 2.70. The lowest BCUT2D eigenvalue weighted by Gasteiger charge is -2.27. The number of anilines is 1. The van der Waals surface area contributed by atoms with Crippen LogP contribution in [-0.4, -0.2) is 12.5 Å². The van der Waals surface area contributed by atoms with E-state index >= 15 is 0 Å². The molecule has 28 heavy (non-hydrogen) atoms. The molecule has 3 rings (SSSR count). The van der Waals surface area contributed by atoms with Crippen molar-refractivity contribution in [1.29, 1.82) is 0 Å². The monoisotopic (exact) mass is 392 g/mol. The lowest BCUT2D eigenvalue weighted by molar-refractivity contribution is -0.120. The van der Waals surface area contributed by atoms with E-state index in [4.69, 9.17) is 17.3 Å². The Balaban J connectivity index is 1.89. The number of benzene rings is 3. The average molecular weight is 393 g/mol. The fraction of sp³-hybridized carbons (Fsp3) is 0.208. The predicted molar refractivity (Wildman–Crippen MR) is 117 cm³/mol. The molecule has 3 nitrogen and oxygen atoms in total. The molecule has 3 aromatic rings. The van der Waals surface area contributed by atoms with Gasteiger partial charge in [0.25, 0.3) is 0 Å². The Morgan fingerprint density at radius 2 is 1.71 bits per heavy atom. The van der Waals surface area contributed by atoms with Crippen molar-refractivity contribution in [3.63, 3.8) is 0 Å². The van der Waals surface area contributed by atoms with E-state index in [-0.39, 0.29) is 5.91 Å². The van der Waals surface area contributed by atoms with Gasteiger partial charge in [0.1, 0.15) is 6.04 Å². The second-order valence-corrected chi connectivity index (χ2v) is 7.46. The zero-order valence-electron chi connectivity index (χ0n) is 16.2. The van der Waals surface area contributed by atoms with Crippen molar-refractivity contribution in [1.82, 2.24) is 0 Å². The Labute approximate surface area is 171 Å². The third kappa shape index (κ3) is 4.80. The van der Waals surface area contributed by atoms with Crippen molar-refractivity contribution in [2.24, 2.45) is 5.73 Å². The summed E-state index contributed by atoms with van der Waals surface area (Å²) < 4.78 is 0. The van der Waals surface area contributed by atoms with Crippen molar-refractivity contribution in [3.05, 3.63) is 100 Å². The van der Waals surface area contributed by atoms with Gasteiger partial charge in [-0.2, -0.15) is 0 Å². The maximum atomic E-state index is 13.3. The van der Waals surface area contributed by atoms with Gasteiger partial charge in [0.2, 0.25) is 5.91 Å². The van der Waals surface area contributed by atoms with Crippen LogP contribution in [0.25, 0.3) is 0 Å². The Morgan fingerprint density at radius 3 is 2.39 bits per heavy atom. The zero-order chi connectivity index (χ0) is 20.1. The summed E-state index contributed by atoms with van der Waals surface area (Å²) in [4.78, 5) is 15.1. The predicted octanol–water partition coefficient (Wildman–Crippen LogP) is 5.23. The smallest absolute Gasteiger partial charge is 0.248 e. The number of halogens is 1. The summed E-state index contributed by atoms with van der Waals surface area (Å²) in [5.74, 6) is -0.114. The number of rotatable bonds is 6. The van der Waals surface area contributed by atoms with Crippen LogP contribution >= 0.6 is 11.6 Å². The fourth-order valence-electron chi connectivity index (χ4n) is 3.16. The van der Waals surface area contributed by atoms with Gasteiger partial charge < -0.3 is 10.6 Å². The number of aryl methyl sites for hydroxylation is 2. The first-order valence-corrected chi connectivity index (χ1v) is 9.77. The first-order chi connectivity index (χ1) is 13.5. The lowest BCUT2D eigenvalue weighted by Crippen LogP contribution is -2.40. The molecule has 4 heteroatoms. The van der Waals surface area contributed by atoms with E-state index in [1.807, 2.05) is 72.8 Å². The van der Waals surface area contributed by atoms with Crippen LogP contribution in [-0.2, 0) is 11.2 Å². The van der Waals surface area contributed by atoms with Gasteiger partial charge in [0, 0.05) is 17.3 Å². The molecule has 0 fully saturated rings. The molecule has 0 heterocycles. The first kappa shape index (κ1) is 20.1. The quantitative estimate of drug-likeness (QED) is 0.624. The molecule has 1 unspecified atom stereocenters. The van der Waals surface area contributed by atoms with Crippen molar-refractivity contribution in [2.45, 2.75) is 26.3 Å². The Kier molecular flexibility index (Phi) is 6.50. The molecule has 144 valence electrons. The van der Waals surface area contributed by atoms with Crippen molar-refractivity contribution in [2.75, 3.05) is 11.4 Å². The minimum atomic E-state index is -0.706. The molecular formula is C24H25ClN2O. The van der Waals surface area contributed by atoms with E-state index in [1.165, 1.54) is 5.56 Å². The first-order valence-electron chi connectivity index (χ1n) is 9.39. The van der Waals surface area contributed by atoms with E-state index < -0.39 is 6.04 Å². The number of hydrogen-bond acceptors (Lipinski definition) is 2. The zero-order valence-corrected chi connectivity index (χ0v) is 17.0. The van der Waals surface area contributed by atoms with Gasteiger partial charge in [0.05, 0.1) is 0 Å². The molecule has 0 aromatic heterocycles. The van der Waals surface area contributed by atoms with E-state index in [0.29, 0.717) is 18.0 Å². The molecule has 0 saturated heterocycles. The molecule has 0 aliphatic carbocycles. The van der Waals surface area contributed by atoms with Gasteiger partial charge in [-0.05, 0) is 66.8 Å². The van der Waals surface area contributed by atoms with Gasteiger partial charge in [0.15, 0.2) is 0 Å². The van der Waals surface area contributed by atoms with E-state index in [9.17, 15) is 4.79 Å². The van der Waals surface area contributed by atoms with E-state index in [1.54, 1.807) is 4.90 Å². The molecule has 0 aliphatic rings. The van der Waals surface area contributed by atoms with Gasteiger partial charge in [-0.3, -0.25) is 4.79 Å². The number of nitrogens with zero attached hydrogens (tertiary/aromatic N) is 1. The van der Waals surface area contributed by atoms with Gasteiger partial charge in [-0.15, -0.1) is 0 Å². The summed E-state index contributed by atoms with van der Waals surface area (Å²) in [6, 6.07) is 22.6. The molecule has 0 saturated carbocycles. The summed E-state index contributed by atoms with van der Waals surface area (Å²) in [7, 11) is 0. The Bertz CT molecular complexity index is 956. The van der Waals surface area contributed by atoms with Crippen LogP contribution in [0.5, 0.6) is 0 Å². The maximum absolute atomic E-state index is 13.3. The van der Waals surface area contributed by atoms with E-state index in [0.717, 1.165) is 22.4 Å².